The number of rotatable bonds is 7. The van der Waals surface area contributed by atoms with Gasteiger partial charge in [-0.25, -0.2) is 4.79 Å². The fourth-order valence-electron chi connectivity index (χ4n) is 2.85. The summed E-state index contributed by atoms with van der Waals surface area (Å²) in [6.07, 6.45) is 0.215. The van der Waals surface area contributed by atoms with Gasteiger partial charge in [-0.2, -0.15) is 0 Å². The molecule has 0 aliphatic carbocycles. The number of hydrogen-bond donors (Lipinski definition) is 2. The minimum absolute atomic E-state index is 0.218. The van der Waals surface area contributed by atoms with Crippen molar-refractivity contribution < 1.29 is 14.6 Å². The molecule has 1 unspecified atom stereocenters. The van der Waals surface area contributed by atoms with Gasteiger partial charge in [-0.3, -0.25) is 4.90 Å². The van der Waals surface area contributed by atoms with Gasteiger partial charge in [0.1, 0.15) is 5.60 Å². The van der Waals surface area contributed by atoms with E-state index in [1.54, 1.807) is 4.90 Å². The summed E-state index contributed by atoms with van der Waals surface area (Å²) in [4.78, 5) is 16.3. The van der Waals surface area contributed by atoms with Crippen molar-refractivity contribution >= 4 is 23.4 Å². The van der Waals surface area contributed by atoms with Crippen molar-refractivity contribution in [1.29, 1.82) is 0 Å². The van der Waals surface area contributed by atoms with Crippen LogP contribution in [0.5, 0.6) is 0 Å². The van der Waals surface area contributed by atoms with Gasteiger partial charge < -0.3 is 20.1 Å². The third-order valence-electron chi connectivity index (χ3n) is 4.41. The van der Waals surface area contributed by atoms with Gasteiger partial charge >= 0.3 is 6.09 Å². The molecule has 0 aromatic heterocycles. The van der Waals surface area contributed by atoms with Gasteiger partial charge in [-0.05, 0) is 44.9 Å². The van der Waals surface area contributed by atoms with Crippen LogP contribution in [-0.4, -0.2) is 77.9 Å². The van der Waals surface area contributed by atoms with Crippen LogP contribution in [0, 0.1) is 0 Å². The Morgan fingerprint density at radius 2 is 1.85 bits per heavy atom. The average Bonchev–Trinajstić information content (AvgIpc) is 2.64. The SMILES string of the molecule is CC(C)(C)OC(=O)N1CCN(CCc2ccc(NCC(O)CCl)cc2)CC1. The molecule has 1 fully saturated rings. The standard InChI is InChI=1S/C20H32ClN3O3/c1-20(2,3)27-19(26)24-12-10-23(11-13-24)9-8-16-4-6-17(7-5-16)22-15-18(25)14-21/h4-7,18,22,25H,8-15H2,1-3H3. The van der Waals surface area contributed by atoms with E-state index in [1.807, 2.05) is 32.9 Å². The summed E-state index contributed by atoms with van der Waals surface area (Å²) in [6.45, 7) is 10.3. The van der Waals surface area contributed by atoms with E-state index in [4.69, 9.17) is 16.3 Å². The van der Waals surface area contributed by atoms with Crippen LogP contribution in [0.4, 0.5) is 10.5 Å². The zero-order valence-corrected chi connectivity index (χ0v) is 17.3. The van der Waals surface area contributed by atoms with Gasteiger partial charge in [0.15, 0.2) is 0 Å². The van der Waals surface area contributed by atoms with Gasteiger partial charge in [-0.15, -0.1) is 11.6 Å². The number of piperazine rings is 1. The number of aliphatic hydroxyl groups excluding tert-OH is 1. The molecule has 27 heavy (non-hydrogen) atoms. The first kappa shape index (κ1) is 21.8. The highest BCUT2D eigenvalue weighted by Crippen LogP contribution is 2.13. The van der Waals surface area contributed by atoms with Crippen molar-refractivity contribution in [2.24, 2.45) is 0 Å². The van der Waals surface area contributed by atoms with Crippen LogP contribution >= 0.6 is 11.6 Å². The van der Waals surface area contributed by atoms with Crippen LogP contribution in [0.2, 0.25) is 0 Å². The van der Waals surface area contributed by atoms with Crippen molar-refractivity contribution in [3.8, 4) is 0 Å². The molecule has 1 amide bonds. The fourth-order valence-corrected chi connectivity index (χ4v) is 2.96. The summed E-state index contributed by atoms with van der Waals surface area (Å²) in [6, 6.07) is 8.26. The average molecular weight is 398 g/mol. The van der Waals surface area contributed by atoms with Crippen molar-refractivity contribution in [1.82, 2.24) is 9.80 Å². The molecule has 0 spiro atoms. The molecule has 7 heteroatoms. The first-order chi connectivity index (χ1) is 12.8. The Morgan fingerprint density at radius 1 is 1.22 bits per heavy atom. The summed E-state index contributed by atoms with van der Waals surface area (Å²) in [7, 11) is 0. The van der Waals surface area contributed by atoms with E-state index in [2.05, 4.69) is 22.3 Å². The molecule has 0 bridgehead atoms. The van der Waals surface area contributed by atoms with Crippen molar-refractivity contribution in [2.75, 3.05) is 50.5 Å². The Hall–Kier alpha value is -1.50. The first-order valence-electron chi connectivity index (χ1n) is 9.54. The van der Waals surface area contributed by atoms with Crippen LogP contribution in [0.3, 0.4) is 0 Å². The number of carbonyl (C=O) groups excluding carboxylic acids is 1. The number of hydrogen-bond acceptors (Lipinski definition) is 5. The highest BCUT2D eigenvalue weighted by Gasteiger charge is 2.25. The Bertz CT molecular complexity index is 581. The monoisotopic (exact) mass is 397 g/mol. The smallest absolute Gasteiger partial charge is 0.410 e. The molecule has 2 N–H and O–H groups in total. The van der Waals surface area contributed by atoms with Crippen molar-refractivity contribution in [3.63, 3.8) is 0 Å². The second-order valence-corrected chi connectivity index (χ2v) is 8.25. The molecule has 1 atom stereocenters. The molecule has 1 heterocycles. The predicted octanol–water partition coefficient (Wildman–Crippen LogP) is 2.79. The quantitative estimate of drug-likeness (QED) is 0.692. The summed E-state index contributed by atoms with van der Waals surface area (Å²) in [5.74, 6) is 0.228. The maximum Gasteiger partial charge on any atom is 0.410 e. The van der Waals surface area contributed by atoms with E-state index in [0.717, 1.165) is 31.7 Å². The maximum absolute atomic E-state index is 12.1. The molecular formula is C20H32ClN3O3. The van der Waals surface area contributed by atoms with E-state index in [0.29, 0.717) is 19.6 Å². The lowest BCUT2D eigenvalue weighted by atomic mass is 10.1. The Morgan fingerprint density at radius 3 is 2.41 bits per heavy atom. The molecule has 1 aliphatic rings. The van der Waals surface area contributed by atoms with Crippen LogP contribution in [0.25, 0.3) is 0 Å². The number of alkyl halides is 1. The molecule has 1 aliphatic heterocycles. The Balaban J connectivity index is 1.70. The number of anilines is 1. The molecule has 6 nitrogen and oxygen atoms in total. The minimum atomic E-state index is -0.536. The number of nitrogens with zero attached hydrogens (tertiary/aromatic N) is 2. The number of benzene rings is 1. The lowest BCUT2D eigenvalue weighted by Crippen LogP contribution is -2.50. The second-order valence-electron chi connectivity index (χ2n) is 7.94. The van der Waals surface area contributed by atoms with Crippen LogP contribution in [0.1, 0.15) is 26.3 Å². The first-order valence-corrected chi connectivity index (χ1v) is 10.1. The van der Waals surface area contributed by atoms with Gasteiger partial charge in [0, 0.05) is 45.0 Å². The number of carbonyl (C=O) groups is 1. The molecule has 0 radical (unpaired) electrons. The number of nitrogens with one attached hydrogen (secondary N) is 1. The number of aliphatic hydroxyl groups is 1. The van der Waals surface area contributed by atoms with Gasteiger partial charge in [0.05, 0.1) is 12.0 Å². The zero-order chi connectivity index (χ0) is 19.9. The normalized spacial score (nSPS) is 16.9. The maximum atomic E-state index is 12.1. The minimum Gasteiger partial charge on any atom is -0.444 e. The summed E-state index contributed by atoms with van der Waals surface area (Å²) >= 11 is 5.59. The molecular weight excluding hydrogens is 366 g/mol. The largest absolute Gasteiger partial charge is 0.444 e. The lowest BCUT2D eigenvalue weighted by molar-refractivity contribution is 0.0146. The topological polar surface area (TPSA) is 65.0 Å². The molecule has 1 saturated heterocycles. The Labute approximate surface area is 167 Å². The Kier molecular flexibility index (Phi) is 8.20. The summed E-state index contributed by atoms with van der Waals surface area (Å²) in [5.41, 5.74) is 1.80. The van der Waals surface area contributed by atoms with E-state index in [1.165, 1.54) is 5.56 Å². The van der Waals surface area contributed by atoms with Crippen molar-refractivity contribution in [3.05, 3.63) is 29.8 Å². The third-order valence-corrected chi connectivity index (χ3v) is 4.77. The summed E-state index contributed by atoms with van der Waals surface area (Å²) < 4.78 is 5.43. The molecule has 0 saturated carbocycles. The molecule has 1 aromatic rings. The van der Waals surface area contributed by atoms with Crippen LogP contribution < -0.4 is 5.32 Å². The molecule has 152 valence electrons. The third kappa shape index (κ3) is 7.95. The van der Waals surface area contributed by atoms with Crippen LogP contribution in [-0.2, 0) is 11.2 Å². The van der Waals surface area contributed by atoms with Crippen LogP contribution in [0.15, 0.2) is 24.3 Å². The number of halogens is 1. The second kappa shape index (κ2) is 10.2. The lowest BCUT2D eigenvalue weighted by Gasteiger charge is -2.35. The van der Waals surface area contributed by atoms with E-state index < -0.39 is 11.7 Å². The number of amides is 1. The fraction of sp³-hybridized carbons (Fsp3) is 0.650. The van der Waals surface area contributed by atoms with Crippen molar-refractivity contribution in [2.45, 2.75) is 38.9 Å². The molecule has 2 rings (SSSR count). The van der Waals surface area contributed by atoms with Gasteiger partial charge in [0.2, 0.25) is 0 Å². The summed E-state index contributed by atoms with van der Waals surface area (Å²) in [5, 5.41) is 12.6. The van der Waals surface area contributed by atoms with E-state index in [9.17, 15) is 9.90 Å². The molecule has 1 aromatic carbocycles. The van der Waals surface area contributed by atoms with Gasteiger partial charge in [-0.1, -0.05) is 12.1 Å². The highest BCUT2D eigenvalue weighted by molar-refractivity contribution is 6.18. The highest BCUT2D eigenvalue weighted by atomic mass is 35.5. The zero-order valence-electron chi connectivity index (χ0n) is 16.6. The number of ether oxygens (including phenoxy) is 1. The van der Waals surface area contributed by atoms with Gasteiger partial charge in [0.25, 0.3) is 0 Å². The van der Waals surface area contributed by atoms with E-state index in [-0.39, 0.29) is 12.0 Å². The predicted molar refractivity (Wildman–Crippen MR) is 110 cm³/mol. The van der Waals surface area contributed by atoms with E-state index >= 15 is 0 Å².